The number of piperidine rings is 1. The minimum Gasteiger partial charge on any atom is -0.495 e. The molecule has 0 saturated carbocycles. The molecule has 1 saturated heterocycles. The second kappa shape index (κ2) is 12.8. The number of nitrogens with zero attached hydrogens (tertiary/aromatic N) is 4. The van der Waals surface area contributed by atoms with E-state index in [0.29, 0.717) is 48.8 Å². The molecule has 1 aliphatic heterocycles. The third-order valence-corrected chi connectivity index (χ3v) is 11.2. The molecule has 4 aromatic rings. The van der Waals surface area contributed by atoms with Gasteiger partial charge in [0.2, 0.25) is 16.0 Å². The summed E-state index contributed by atoms with van der Waals surface area (Å²) in [4.78, 5) is 14.5. The Morgan fingerprint density at radius 1 is 1.05 bits per heavy atom. The van der Waals surface area contributed by atoms with E-state index in [1.807, 2.05) is 19.9 Å². The highest BCUT2D eigenvalue weighted by atomic mass is 32.2. The summed E-state index contributed by atoms with van der Waals surface area (Å²) in [5.74, 6) is -0.121. The van der Waals surface area contributed by atoms with Crippen molar-refractivity contribution in [1.29, 1.82) is 0 Å². The van der Waals surface area contributed by atoms with Gasteiger partial charge in [0.25, 0.3) is 10.0 Å². The van der Waals surface area contributed by atoms with Gasteiger partial charge in [-0.15, -0.1) is 11.3 Å². The van der Waals surface area contributed by atoms with E-state index in [2.05, 4.69) is 15.0 Å². The summed E-state index contributed by atoms with van der Waals surface area (Å²) in [6.07, 6.45) is 4.14. The number of ether oxygens (including phenoxy) is 1. The summed E-state index contributed by atoms with van der Waals surface area (Å²) in [5.41, 5.74) is 2.21. The molecule has 2 aromatic heterocycles. The smallest absolute Gasteiger partial charge is 0.265 e. The summed E-state index contributed by atoms with van der Waals surface area (Å²) in [6, 6.07) is 11.9. The van der Waals surface area contributed by atoms with Gasteiger partial charge < -0.3 is 10.1 Å². The Morgan fingerprint density at radius 2 is 1.80 bits per heavy atom. The van der Waals surface area contributed by atoms with E-state index < -0.39 is 25.9 Å². The largest absolute Gasteiger partial charge is 0.495 e. The van der Waals surface area contributed by atoms with Gasteiger partial charge in [-0.2, -0.15) is 0 Å². The van der Waals surface area contributed by atoms with Crippen molar-refractivity contribution in [3.8, 4) is 27.6 Å². The number of thiazole rings is 1. The highest BCUT2D eigenvalue weighted by Gasteiger charge is 2.26. The number of hydrogen-bond acceptors (Lipinski definition) is 10. The first kappa shape index (κ1) is 31.8. The van der Waals surface area contributed by atoms with Crippen LogP contribution < -0.4 is 14.8 Å². The van der Waals surface area contributed by atoms with Crippen molar-refractivity contribution in [1.82, 2.24) is 19.3 Å². The molecule has 0 radical (unpaired) electrons. The maximum absolute atomic E-state index is 13.9. The number of hydrogen-bond donors (Lipinski definition) is 2. The van der Waals surface area contributed by atoms with Crippen LogP contribution in [-0.2, 0) is 20.0 Å². The first-order chi connectivity index (χ1) is 20.8. The van der Waals surface area contributed by atoms with Crippen LogP contribution in [0.1, 0.15) is 37.6 Å². The molecule has 0 amide bonds. The van der Waals surface area contributed by atoms with Crippen LogP contribution >= 0.6 is 11.3 Å². The molecule has 0 spiro atoms. The first-order valence-corrected chi connectivity index (χ1v) is 18.0. The van der Waals surface area contributed by atoms with Crippen molar-refractivity contribution < 1.29 is 26.0 Å². The lowest BCUT2D eigenvalue weighted by Crippen LogP contribution is -2.42. The average Bonchev–Trinajstić information content (AvgIpc) is 3.43. The highest BCUT2D eigenvalue weighted by molar-refractivity contribution is 7.92. The van der Waals surface area contributed by atoms with Gasteiger partial charge in [0.1, 0.15) is 16.5 Å². The molecule has 0 unspecified atom stereocenters. The van der Waals surface area contributed by atoms with Gasteiger partial charge in [0, 0.05) is 42.5 Å². The second-order valence-electron chi connectivity index (χ2n) is 10.7. The highest BCUT2D eigenvalue weighted by Crippen LogP contribution is 2.39. The molecule has 5 rings (SSSR count). The fraction of sp³-hybridized carbons (Fsp3) is 0.345. The van der Waals surface area contributed by atoms with Crippen LogP contribution in [0.2, 0.25) is 0 Å². The van der Waals surface area contributed by atoms with E-state index in [9.17, 15) is 21.2 Å². The third kappa shape index (κ3) is 7.17. The quantitative estimate of drug-likeness (QED) is 0.235. The molecule has 44 heavy (non-hydrogen) atoms. The molecule has 1 aliphatic rings. The lowest BCUT2D eigenvalue weighted by molar-refractivity contribution is 0.331. The Labute approximate surface area is 260 Å². The zero-order chi connectivity index (χ0) is 31.6. The molecule has 2 aromatic carbocycles. The van der Waals surface area contributed by atoms with Crippen LogP contribution in [0.5, 0.6) is 5.75 Å². The molecule has 0 atom stereocenters. The molecule has 3 heterocycles. The van der Waals surface area contributed by atoms with Crippen molar-refractivity contribution in [2.45, 2.75) is 43.5 Å². The maximum atomic E-state index is 13.9. The van der Waals surface area contributed by atoms with E-state index in [4.69, 9.17) is 14.7 Å². The Morgan fingerprint density at radius 3 is 2.48 bits per heavy atom. The van der Waals surface area contributed by atoms with Crippen molar-refractivity contribution in [2.24, 2.45) is 0 Å². The van der Waals surface area contributed by atoms with Crippen LogP contribution in [0.15, 0.2) is 59.6 Å². The first-order valence-electron chi connectivity index (χ1n) is 13.9. The Bertz CT molecular complexity index is 1870. The van der Waals surface area contributed by atoms with Crippen molar-refractivity contribution >= 4 is 43.0 Å². The maximum Gasteiger partial charge on any atom is 0.265 e. The summed E-state index contributed by atoms with van der Waals surface area (Å²) in [6.45, 7) is 4.94. The zero-order valence-corrected chi connectivity index (χ0v) is 27.1. The van der Waals surface area contributed by atoms with E-state index in [1.54, 1.807) is 30.5 Å². The Balaban J connectivity index is 1.43. The number of halogens is 1. The van der Waals surface area contributed by atoms with E-state index in [0.717, 1.165) is 22.0 Å². The molecule has 1 fully saturated rings. The molecular formula is C29H33FN6O5S3. The van der Waals surface area contributed by atoms with E-state index in [1.165, 1.54) is 35.1 Å². The van der Waals surface area contributed by atoms with Crippen molar-refractivity contribution in [2.75, 3.05) is 36.5 Å². The van der Waals surface area contributed by atoms with E-state index >= 15 is 0 Å². The van der Waals surface area contributed by atoms with Crippen LogP contribution in [-0.4, -0.2) is 68.6 Å². The van der Waals surface area contributed by atoms with Gasteiger partial charge in [0.05, 0.1) is 34.6 Å². The van der Waals surface area contributed by atoms with Gasteiger partial charge in [-0.05, 0) is 49.2 Å². The summed E-state index contributed by atoms with van der Waals surface area (Å²) in [5, 5.41) is 4.22. The molecule has 2 N–H and O–H groups in total. The van der Waals surface area contributed by atoms with Gasteiger partial charge in [0.15, 0.2) is 0 Å². The minimum absolute atomic E-state index is 0.0209. The SMILES string of the molecule is COc1ccc(F)cc1S(=O)(=O)Nc1cccc(-c2nc(C(C)C)sc2-c2ccnc(NC3CCN(S(C)(=O)=O)CC3)n2)c1. The normalized spacial score (nSPS) is 15.0. The topological polar surface area (TPSA) is 143 Å². The lowest BCUT2D eigenvalue weighted by Gasteiger charge is -2.30. The van der Waals surface area contributed by atoms with E-state index in [-0.39, 0.29) is 28.3 Å². The number of nitrogens with one attached hydrogen (secondary N) is 2. The Hall–Kier alpha value is -3.66. The standard InChI is InChI=1S/C29H33FN6O5S3/c1-18(2)28-34-26(19-6-5-7-22(16-19)35-44(39,40)25-17-20(30)8-9-24(25)41-3)27(42-28)23-10-13-31-29(33-23)32-21-11-14-36(15-12-21)43(4,37)38/h5-10,13,16-18,21,35H,11-12,14-15H2,1-4H3,(H,31,32,33). The fourth-order valence-electron chi connectivity index (χ4n) is 4.82. The third-order valence-electron chi connectivity index (χ3n) is 7.09. The molecule has 11 nitrogen and oxygen atoms in total. The molecule has 0 bridgehead atoms. The molecular weight excluding hydrogens is 628 g/mol. The van der Waals surface area contributed by atoms with Crippen molar-refractivity contribution in [3.63, 3.8) is 0 Å². The summed E-state index contributed by atoms with van der Waals surface area (Å²) >= 11 is 1.50. The summed E-state index contributed by atoms with van der Waals surface area (Å²) in [7, 11) is -6.08. The van der Waals surface area contributed by atoms with Gasteiger partial charge in [-0.1, -0.05) is 26.0 Å². The van der Waals surface area contributed by atoms with Crippen LogP contribution in [0.25, 0.3) is 21.8 Å². The predicted octanol–water partition coefficient (Wildman–Crippen LogP) is 5.17. The van der Waals surface area contributed by atoms with Crippen LogP contribution in [0.3, 0.4) is 0 Å². The van der Waals surface area contributed by atoms with Gasteiger partial charge in [-0.25, -0.2) is 40.5 Å². The second-order valence-corrected chi connectivity index (χ2v) is 15.4. The average molecular weight is 661 g/mol. The molecule has 234 valence electrons. The van der Waals surface area contributed by atoms with Crippen molar-refractivity contribution in [3.05, 3.63) is 65.6 Å². The van der Waals surface area contributed by atoms with Gasteiger partial charge >= 0.3 is 0 Å². The lowest BCUT2D eigenvalue weighted by atomic mass is 10.1. The van der Waals surface area contributed by atoms with Gasteiger partial charge in [-0.3, -0.25) is 4.72 Å². The monoisotopic (exact) mass is 660 g/mol. The zero-order valence-electron chi connectivity index (χ0n) is 24.6. The number of sulfonamides is 2. The molecule has 0 aliphatic carbocycles. The number of benzene rings is 2. The fourth-order valence-corrected chi connectivity index (χ4v) is 7.99. The Kier molecular flexibility index (Phi) is 9.20. The predicted molar refractivity (Wildman–Crippen MR) is 169 cm³/mol. The van der Waals surface area contributed by atoms with Crippen LogP contribution in [0, 0.1) is 5.82 Å². The molecule has 15 heteroatoms. The number of anilines is 2. The van der Waals surface area contributed by atoms with Crippen LogP contribution in [0.4, 0.5) is 16.0 Å². The number of methoxy groups -OCH3 is 1. The summed E-state index contributed by atoms with van der Waals surface area (Å²) < 4.78 is 73.2. The number of aromatic nitrogens is 3. The minimum atomic E-state index is -4.18. The number of rotatable bonds is 10.